The lowest BCUT2D eigenvalue weighted by molar-refractivity contribution is -0.139. The summed E-state index contributed by atoms with van der Waals surface area (Å²) in [6.07, 6.45) is 3.11. The van der Waals surface area contributed by atoms with Crippen molar-refractivity contribution in [1.82, 2.24) is 15.7 Å². The number of pyridine rings is 1. The highest BCUT2D eigenvalue weighted by atomic mass is 16.2. The lowest BCUT2D eigenvalue weighted by Crippen LogP contribution is -2.37. The fourth-order valence-corrected chi connectivity index (χ4v) is 1.34. The number of nitrogens with one attached hydrogen (secondary N) is 2. The number of carbonyl (C=O) groups is 2. The molecule has 6 nitrogen and oxygen atoms in total. The van der Waals surface area contributed by atoms with Crippen molar-refractivity contribution in [2.24, 2.45) is 5.10 Å². The first-order chi connectivity index (χ1) is 9.17. The Kier molecular flexibility index (Phi) is 6.21. The number of nitrogens with zero attached hydrogens (tertiary/aromatic N) is 2. The Hall–Kier alpha value is -2.24. The Morgan fingerprint density at radius 2 is 1.95 bits per heavy atom. The molecule has 0 radical (unpaired) electrons. The number of hydrogen-bond donors (Lipinski definition) is 2. The van der Waals surface area contributed by atoms with Crippen LogP contribution in [0.25, 0.3) is 0 Å². The first-order valence-electron chi connectivity index (χ1n) is 6.20. The third-order valence-corrected chi connectivity index (χ3v) is 2.49. The van der Waals surface area contributed by atoms with Gasteiger partial charge in [0.25, 0.3) is 0 Å². The van der Waals surface area contributed by atoms with Crippen LogP contribution < -0.4 is 10.7 Å². The molecular formula is C13H18N4O2. The molecule has 6 heteroatoms. The third-order valence-electron chi connectivity index (χ3n) is 2.49. The van der Waals surface area contributed by atoms with Crippen molar-refractivity contribution < 1.29 is 9.59 Å². The van der Waals surface area contributed by atoms with E-state index in [2.05, 4.69) is 20.8 Å². The van der Waals surface area contributed by atoms with Gasteiger partial charge in [-0.25, -0.2) is 5.43 Å². The molecule has 1 aromatic rings. The van der Waals surface area contributed by atoms with Gasteiger partial charge in [0.1, 0.15) is 0 Å². The predicted octanol–water partition coefficient (Wildman–Crippen LogP) is 0.990. The Balaban J connectivity index is 2.41. The van der Waals surface area contributed by atoms with Crippen LogP contribution in [-0.2, 0) is 16.1 Å². The van der Waals surface area contributed by atoms with E-state index in [4.69, 9.17) is 0 Å². The van der Waals surface area contributed by atoms with Gasteiger partial charge in [-0.1, -0.05) is 19.9 Å². The van der Waals surface area contributed by atoms with E-state index in [-0.39, 0.29) is 6.54 Å². The normalized spacial score (nSPS) is 9.58. The smallest absolute Gasteiger partial charge is 0.329 e. The Morgan fingerprint density at radius 1 is 1.21 bits per heavy atom. The van der Waals surface area contributed by atoms with Gasteiger partial charge in [0, 0.05) is 11.9 Å². The average molecular weight is 262 g/mol. The maximum atomic E-state index is 11.5. The van der Waals surface area contributed by atoms with Crippen molar-refractivity contribution in [3.8, 4) is 0 Å². The summed E-state index contributed by atoms with van der Waals surface area (Å²) in [5, 5.41) is 6.35. The molecule has 19 heavy (non-hydrogen) atoms. The fraction of sp³-hybridized carbons (Fsp3) is 0.385. The summed E-state index contributed by atoms with van der Waals surface area (Å²) < 4.78 is 0. The summed E-state index contributed by atoms with van der Waals surface area (Å²) in [5.41, 5.74) is 3.77. The first-order valence-corrected chi connectivity index (χ1v) is 6.20. The minimum atomic E-state index is -0.768. The molecule has 1 aromatic heterocycles. The second-order valence-electron chi connectivity index (χ2n) is 3.83. The molecule has 0 aromatic carbocycles. The quantitative estimate of drug-likeness (QED) is 0.471. The SMILES string of the molecule is CCC(CC)=NNC(=O)C(=O)NCc1ccccn1. The Morgan fingerprint density at radius 3 is 2.53 bits per heavy atom. The van der Waals surface area contributed by atoms with Gasteiger partial charge in [-0.2, -0.15) is 5.10 Å². The second-order valence-corrected chi connectivity index (χ2v) is 3.83. The van der Waals surface area contributed by atoms with Crippen molar-refractivity contribution >= 4 is 17.5 Å². The first kappa shape index (κ1) is 14.8. The van der Waals surface area contributed by atoms with Gasteiger partial charge in [-0.3, -0.25) is 14.6 Å². The zero-order chi connectivity index (χ0) is 14.1. The summed E-state index contributed by atoms with van der Waals surface area (Å²) in [6.45, 7) is 4.09. The molecular weight excluding hydrogens is 244 g/mol. The van der Waals surface area contributed by atoms with E-state index >= 15 is 0 Å². The summed E-state index contributed by atoms with van der Waals surface area (Å²) in [4.78, 5) is 27.0. The van der Waals surface area contributed by atoms with E-state index < -0.39 is 11.8 Å². The molecule has 0 aliphatic heterocycles. The van der Waals surface area contributed by atoms with Gasteiger partial charge in [0.2, 0.25) is 0 Å². The monoisotopic (exact) mass is 262 g/mol. The number of carbonyl (C=O) groups excluding carboxylic acids is 2. The van der Waals surface area contributed by atoms with Crippen LogP contribution in [0, 0.1) is 0 Å². The van der Waals surface area contributed by atoms with Crippen molar-refractivity contribution in [2.75, 3.05) is 0 Å². The second kappa shape index (κ2) is 7.97. The maximum absolute atomic E-state index is 11.5. The molecule has 0 atom stereocenters. The highest BCUT2D eigenvalue weighted by Crippen LogP contribution is 1.92. The molecule has 0 bridgehead atoms. The van der Waals surface area contributed by atoms with E-state index in [1.807, 2.05) is 19.9 Å². The Bertz CT molecular complexity index is 451. The van der Waals surface area contributed by atoms with Crippen molar-refractivity contribution in [3.05, 3.63) is 30.1 Å². The van der Waals surface area contributed by atoms with Crippen LogP contribution in [0.3, 0.4) is 0 Å². The van der Waals surface area contributed by atoms with Gasteiger partial charge >= 0.3 is 11.8 Å². The minimum absolute atomic E-state index is 0.214. The van der Waals surface area contributed by atoms with Gasteiger partial charge < -0.3 is 5.32 Å². The molecule has 0 unspecified atom stereocenters. The van der Waals surface area contributed by atoms with E-state index in [0.29, 0.717) is 5.69 Å². The zero-order valence-corrected chi connectivity index (χ0v) is 11.1. The summed E-state index contributed by atoms with van der Waals surface area (Å²) >= 11 is 0. The van der Waals surface area contributed by atoms with Crippen LogP contribution in [0.1, 0.15) is 32.4 Å². The van der Waals surface area contributed by atoms with Crippen LogP contribution in [0.4, 0.5) is 0 Å². The number of amides is 2. The molecule has 0 aliphatic rings. The molecule has 0 saturated carbocycles. The fourth-order valence-electron chi connectivity index (χ4n) is 1.34. The number of rotatable bonds is 5. The van der Waals surface area contributed by atoms with Crippen molar-refractivity contribution in [2.45, 2.75) is 33.2 Å². The van der Waals surface area contributed by atoms with E-state index in [1.54, 1.807) is 18.3 Å². The zero-order valence-electron chi connectivity index (χ0n) is 11.1. The molecule has 0 spiro atoms. The highest BCUT2D eigenvalue weighted by Gasteiger charge is 2.12. The lowest BCUT2D eigenvalue weighted by Gasteiger charge is -2.04. The summed E-state index contributed by atoms with van der Waals surface area (Å²) in [6, 6.07) is 5.36. The molecule has 2 N–H and O–H groups in total. The lowest BCUT2D eigenvalue weighted by atomic mass is 10.2. The predicted molar refractivity (Wildman–Crippen MR) is 72.2 cm³/mol. The highest BCUT2D eigenvalue weighted by molar-refractivity contribution is 6.35. The van der Waals surface area contributed by atoms with E-state index in [9.17, 15) is 9.59 Å². The van der Waals surface area contributed by atoms with E-state index in [1.165, 1.54) is 0 Å². The summed E-state index contributed by atoms with van der Waals surface area (Å²) in [5.74, 6) is -1.49. The molecule has 0 saturated heterocycles. The number of hydrogen-bond acceptors (Lipinski definition) is 4. The largest absolute Gasteiger partial charge is 0.342 e. The molecule has 2 amide bonds. The van der Waals surface area contributed by atoms with Gasteiger partial charge in [-0.15, -0.1) is 0 Å². The molecule has 102 valence electrons. The molecule has 1 rings (SSSR count). The van der Waals surface area contributed by atoms with Crippen molar-refractivity contribution in [1.29, 1.82) is 0 Å². The van der Waals surface area contributed by atoms with Gasteiger partial charge in [0.05, 0.1) is 12.2 Å². The van der Waals surface area contributed by atoms with Crippen LogP contribution >= 0.6 is 0 Å². The maximum Gasteiger partial charge on any atom is 0.329 e. The van der Waals surface area contributed by atoms with Crippen molar-refractivity contribution in [3.63, 3.8) is 0 Å². The van der Waals surface area contributed by atoms with Crippen LogP contribution in [0.5, 0.6) is 0 Å². The molecule has 1 heterocycles. The minimum Gasteiger partial charge on any atom is -0.342 e. The Labute approximate surface area is 112 Å². The van der Waals surface area contributed by atoms with Gasteiger partial charge in [0.15, 0.2) is 0 Å². The average Bonchev–Trinajstić information content (AvgIpc) is 2.46. The van der Waals surface area contributed by atoms with E-state index in [0.717, 1.165) is 18.6 Å². The molecule has 0 aliphatic carbocycles. The topological polar surface area (TPSA) is 83.5 Å². The van der Waals surface area contributed by atoms with Gasteiger partial charge in [-0.05, 0) is 25.0 Å². The number of hydrazone groups is 1. The summed E-state index contributed by atoms with van der Waals surface area (Å²) in [7, 11) is 0. The van der Waals surface area contributed by atoms with Crippen LogP contribution in [0.15, 0.2) is 29.5 Å². The van der Waals surface area contributed by atoms with Crippen LogP contribution in [0.2, 0.25) is 0 Å². The van der Waals surface area contributed by atoms with Crippen LogP contribution in [-0.4, -0.2) is 22.5 Å². The standard InChI is InChI=1S/C13H18N4O2/c1-3-10(4-2)16-17-13(19)12(18)15-9-11-7-5-6-8-14-11/h5-8H,3-4,9H2,1-2H3,(H,15,18)(H,17,19). The number of aromatic nitrogens is 1. The molecule has 0 fully saturated rings. The third kappa shape index (κ3) is 5.29.